The van der Waals surface area contributed by atoms with E-state index in [-0.39, 0.29) is 11.8 Å². The highest BCUT2D eigenvalue weighted by atomic mass is 79.9. The number of ether oxygens (including phenoxy) is 1. The molecule has 1 heterocycles. The van der Waals surface area contributed by atoms with Crippen molar-refractivity contribution in [3.05, 3.63) is 28.0 Å². The Morgan fingerprint density at radius 3 is 2.89 bits per heavy atom. The number of carbonyl (C=O) groups is 1. The van der Waals surface area contributed by atoms with Crippen LogP contribution in [0.1, 0.15) is 18.0 Å². The molecular weight excluding hydrogens is 305 g/mol. The lowest BCUT2D eigenvalue weighted by Crippen LogP contribution is -2.17. The minimum absolute atomic E-state index is 0.153. The summed E-state index contributed by atoms with van der Waals surface area (Å²) in [7, 11) is 1.40. The first-order chi connectivity index (χ1) is 8.52. The Morgan fingerprint density at radius 1 is 1.61 bits per heavy atom. The van der Waals surface area contributed by atoms with Gasteiger partial charge in [0.05, 0.1) is 13.0 Å². The van der Waals surface area contributed by atoms with Gasteiger partial charge in [-0.3, -0.25) is 4.79 Å². The fourth-order valence-electron chi connectivity index (χ4n) is 2.15. The highest BCUT2D eigenvalue weighted by Crippen LogP contribution is 2.34. The van der Waals surface area contributed by atoms with Crippen molar-refractivity contribution in [1.82, 2.24) is 5.32 Å². The first-order valence-electron chi connectivity index (χ1n) is 5.52. The molecule has 1 aromatic rings. The molecule has 1 fully saturated rings. The predicted octanol–water partition coefficient (Wildman–Crippen LogP) is 2.33. The second-order valence-corrected chi connectivity index (χ2v) is 5.16. The van der Waals surface area contributed by atoms with E-state index in [0.717, 1.165) is 0 Å². The number of methoxy groups -OCH3 is 1. The van der Waals surface area contributed by atoms with Gasteiger partial charge in [0, 0.05) is 22.6 Å². The van der Waals surface area contributed by atoms with Crippen molar-refractivity contribution in [3.63, 3.8) is 0 Å². The predicted molar refractivity (Wildman–Crippen MR) is 67.1 cm³/mol. The van der Waals surface area contributed by atoms with E-state index in [1.165, 1.54) is 7.11 Å². The highest BCUT2D eigenvalue weighted by Gasteiger charge is 2.32. The Labute approximate surface area is 112 Å². The standard InChI is InChI=1S/C12H13BrFNO3/c1-18-10-4-7(13)3-8(11(10)14)9-2-6(5-15-9)12(16)17/h3-4,6,9,15H,2,5H2,1H3,(H,16,17). The summed E-state index contributed by atoms with van der Waals surface area (Å²) in [5.74, 6) is -1.61. The molecule has 0 radical (unpaired) electrons. The van der Waals surface area contributed by atoms with Gasteiger partial charge in [0.25, 0.3) is 0 Å². The molecule has 2 unspecified atom stereocenters. The van der Waals surface area contributed by atoms with Crippen LogP contribution in [0.25, 0.3) is 0 Å². The number of benzene rings is 1. The Balaban J connectivity index is 2.29. The van der Waals surface area contributed by atoms with Crippen LogP contribution in [-0.4, -0.2) is 24.7 Å². The molecule has 1 aliphatic rings. The summed E-state index contributed by atoms with van der Waals surface area (Å²) >= 11 is 3.29. The Bertz CT molecular complexity index is 481. The maximum absolute atomic E-state index is 14.1. The third-order valence-corrected chi connectivity index (χ3v) is 3.57. The van der Waals surface area contributed by atoms with E-state index >= 15 is 0 Å². The van der Waals surface area contributed by atoms with Crippen LogP contribution >= 0.6 is 15.9 Å². The molecule has 4 nitrogen and oxygen atoms in total. The molecule has 0 spiro atoms. The van der Waals surface area contributed by atoms with Gasteiger partial charge in [-0.25, -0.2) is 4.39 Å². The summed E-state index contributed by atoms with van der Waals surface area (Å²) in [6.45, 7) is 0.355. The monoisotopic (exact) mass is 317 g/mol. The molecule has 1 aromatic carbocycles. The molecule has 1 aliphatic heterocycles. The fourth-order valence-corrected chi connectivity index (χ4v) is 2.60. The summed E-state index contributed by atoms with van der Waals surface area (Å²) in [4.78, 5) is 10.9. The van der Waals surface area contributed by atoms with Gasteiger partial charge in [-0.15, -0.1) is 0 Å². The van der Waals surface area contributed by atoms with Gasteiger partial charge in [0.1, 0.15) is 0 Å². The van der Waals surface area contributed by atoms with Gasteiger partial charge in [-0.2, -0.15) is 0 Å². The van der Waals surface area contributed by atoms with E-state index < -0.39 is 17.7 Å². The second kappa shape index (κ2) is 5.24. The summed E-state index contributed by atoms with van der Waals surface area (Å²) in [5.41, 5.74) is 0.435. The maximum atomic E-state index is 14.1. The molecule has 0 amide bonds. The SMILES string of the molecule is COc1cc(Br)cc(C2CC(C(=O)O)CN2)c1F. The average molecular weight is 318 g/mol. The molecule has 1 saturated heterocycles. The topological polar surface area (TPSA) is 58.6 Å². The number of carboxylic acids is 1. The van der Waals surface area contributed by atoms with Crippen LogP contribution in [0.5, 0.6) is 5.75 Å². The van der Waals surface area contributed by atoms with Crippen LogP contribution in [0, 0.1) is 11.7 Å². The number of halogens is 2. The summed E-state index contributed by atoms with van der Waals surface area (Å²) in [6.07, 6.45) is 0.381. The lowest BCUT2D eigenvalue weighted by atomic mass is 9.99. The zero-order valence-electron chi connectivity index (χ0n) is 9.74. The minimum atomic E-state index is -0.854. The lowest BCUT2D eigenvalue weighted by Gasteiger charge is -2.14. The molecule has 0 bridgehead atoms. The van der Waals surface area contributed by atoms with Crippen LogP contribution in [0.2, 0.25) is 0 Å². The van der Waals surface area contributed by atoms with E-state index in [0.29, 0.717) is 23.0 Å². The molecule has 18 heavy (non-hydrogen) atoms. The molecule has 0 aromatic heterocycles. The second-order valence-electron chi connectivity index (χ2n) is 4.24. The molecule has 0 aliphatic carbocycles. The van der Waals surface area contributed by atoms with Crippen LogP contribution < -0.4 is 10.1 Å². The van der Waals surface area contributed by atoms with Gasteiger partial charge in [0.2, 0.25) is 0 Å². The molecule has 2 rings (SSSR count). The minimum Gasteiger partial charge on any atom is -0.494 e. The Morgan fingerprint density at radius 2 is 2.33 bits per heavy atom. The van der Waals surface area contributed by atoms with Gasteiger partial charge >= 0.3 is 5.97 Å². The number of aliphatic carboxylic acids is 1. The molecule has 98 valence electrons. The zero-order valence-corrected chi connectivity index (χ0v) is 11.3. The van der Waals surface area contributed by atoms with Crippen LogP contribution in [0.3, 0.4) is 0 Å². The molecule has 0 saturated carbocycles. The maximum Gasteiger partial charge on any atom is 0.307 e. The lowest BCUT2D eigenvalue weighted by molar-refractivity contribution is -0.141. The third kappa shape index (κ3) is 2.49. The summed E-state index contributed by atoms with van der Waals surface area (Å²) < 4.78 is 19.8. The molecule has 2 N–H and O–H groups in total. The Kier molecular flexibility index (Phi) is 3.87. The number of hydrogen-bond acceptors (Lipinski definition) is 3. The van der Waals surface area contributed by atoms with Crippen molar-refractivity contribution in [2.45, 2.75) is 12.5 Å². The van der Waals surface area contributed by atoms with Crippen LogP contribution in [-0.2, 0) is 4.79 Å². The van der Waals surface area contributed by atoms with Crippen molar-refractivity contribution in [3.8, 4) is 5.75 Å². The average Bonchev–Trinajstić information content (AvgIpc) is 2.81. The summed E-state index contributed by atoms with van der Waals surface area (Å²) in [6, 6.07) is 2.90. The molecule has 2 atom stereocenters. The number of hydrogen-bond donors (Lipinski definition) is 2. The fraction of sp³-hybridized carbons (Fsp3) is 0.417. The van der Waals surface area contributed by atoms with Gasteiger partial charge in [-0.05, 0) is 18.6 Å². The van der Waals surface area contributed by atoms with Gasteiger partial charge < -0.3 is 15.2 Å². The normalized spacial score (nSPS) is 23.1. The number of rotatable bonds is 3. The van der Waals surface area contributed by atoms with Gasteiger partial charge in [0.15, 0.2) is 11.6 Å². The van der Waals surface area contributed by atoms with E-state index in [1.807, 2.05) is 0 Å². The van der Waals surface area contributed by atoms with E-state index in [9.17, 15) is 9.18 Å². The van der Waals surface area contributed by atoms with Crippen molar-refractivity contribution >= 4 is 21.9 Å². The van der Waals surface area contributed by atoms with E-state index in [2.05, 4.69) is 21.2 Å². The van der Waals surface area contributed by atoms with Gasteiger partial charge in [-0.1, -0.05) is 15.9 Å². The third-order valence-electron chi connectivity index (χ3n) is 3.11. The van der Waals surface area contributed by atoms with Crippen molar-refractivity contribution in [1.29, 1.82) is 0 Å². The number of carboxylic acid groups (broad SMARTS) is 1. The van der Waals surface area contributed by atoms with E-state index in [4.69, 9.17) is 9.84 Å². The zero-order chi connectivity index (χ0) is 13.3. The van der Waals surface area contributed by atoms with Crippen LogP contribution in [0.4, 0.5) is 4.39 Å². The van der Waals surface area contributed by atoms with Crippen molar-refractivity contribution in [2.75, 3.05) is 13.7 Å². The van der Waals surface area contributed by atoms with Crippen molar-refractivity contribution < 1.29 is 19.0 Å². The van der Waals surface area contributed by atoms with Crippen molar-refractivity contribution in [2.24, 2.45) is 5.92 Å². The van der Waals surface area contributed by atoms with Crippen LogP contribution in [0.15, 0.2) is 16.6 Å². The highest BCUT2D eigenvalue weighted by molar-refractivity contribution is 9.10. The smallest absolute Gasteiger partial charge is 0.307 e. The largest absolute Gasteiger partial charge is 0.494 e. The summed E-state index contributed by atoms with van der Waals surface area (Å²) in [5, 5.41) is 12.0. The number of nitrogens with one attached hydrogen (secondary N) is 1. The first kappa shape index (κ1) is 13.3. The Hall–Kier alpha value is -1.14. The van der Waals surface area contributed by atoms with E-state index in [1.54, 1.807) is 12.1 Å². The first-order valence-corrected chi connectivity index (χ1v) is 6.31. The molecule has 6 heteroatoms. The molecular formula is C12H13BrFNO3. The quantitative estimate of drug-likeness (QED) is 0.898.